The highest BCUT2D eigenvalue weighted by atomic mass is 16.2. The second-order valence-electron chi connectivity index (χ2n) is 10.1. The van der Waals surface area contributed by atoms with Gasteiger partial charge in [0, 0.05) is 42.7 Å². The Hall–Kier alpha value is -2.70. The number of hydrogen-bond acceptors (Lipinski definition) is 4. The molecule has 7 rings (SSSR count). The number of hydrogen-bond donors (Lipinski definition) is 0. The van der Waals surface area contributed by atoms with Gasteiger partial charge in [0.25, 0.3) is 5.91 Å². The number of carbonyl (C=O) groups excluding carboxylic acids is 1. The van der Waals surface area contributed by atoms with Crippen LogP contribution in [0.2, 0.25) is 0 Å². The molecule has 3 aromatic rings. The van der Waals surface area contributed by atoms with Crippen molar-refractivity contribution in [3.63, 3.8) is 0 Å². The minimum absolute atomic E-state index is 0.0246. The van der Waals surface area contributed by atoms with Crippen LogP contribution in [-0.4, -0.2) is 47.8 Å². The van der Waals surface area contributed by atoms with Gasteiger partial charge in [0.15, 0.2) is 11.3 Å². The fourth-order valence-electron chi connectivity index (χ4n) is 7.08. The molecule has 0 N–H and O–H groups in total. The van der Waals surface area contributed by atoms with Gasteiger partial charge in [0.05, 0.1) is 11.9 Å². The summed E-state index contributed by atoms with van der Waals surface area (Å²) in [5.74, 6) is 2.43. The lowest BCUT2D eigenvalue weighted by atomic mass is 9.52. The average Bonchev–Trinajstić information content (AvgIpc) is 3.35. The Kier molecular flexibility index (Phi) is 4.08. The predicted octanol–water partition coefficient (Wildman–Crippen LogP) is 3.96. The molecular weight excluding hydrogens is 388 g/mol. The molecule has 7 heteroatoms. The summed E-state index contributed by atoms with van der Waals surface area (Å²) >= 11 is 0. The van der Waals surface area contributed by atoms with Crippen LogP contribution in [0, 0.1) is 24.7 Å². The van der Waals surface area contributed by atoms with Crippen LogP contribution in [0.1, 0.15) is 61.6 Å². The zero-order valence-corrected chi connectivity index (χ0v) is 18.6. The van der Waals surface area contributed by atoms with Crippen molar-refractivity contribution in [2.24, 2.45) is 17.8 Å². The molecule has 0 aromatic carbocycles. The lowest BCUT2D eigenvalue weighted by Gasteiger charge is -2.59. The van der Waals surface area contributed by atoms with Crippen molar-refractivity contribution >= 4 is 11.6 Å². The largest absolute Gasteiger partial charge is 0.335 e. The van der Waals surface area contributed by atoms with E-state index in [1.54, 1.807) is 10.7 Å². The molecular formula is C24H30N6O. The van der Waals surface area contributed by atoms with Gasteiger partial charge in [-0.2, -0.15) is 10.2 Å². The van der Waals surface area contributed by atoms with Gasteiger partial charge in [-0.3, -0.25) is 9.48 Å². The molecule has 0 unspecified atom stereocenters. The van der Waals surface area contributed by atoms with Crippen LogP contribution >= 0.6 is 0 Å². The highest BCUT2D eigenvalue weighted by molar-refractivity contribution is 5.94. The smallest absolute Gasteiger partial charge is 0.274 e. The summed E-state index contributed by atoms with van der Waals surface area (Å²) in [4.78, 5) is 20.1. The van der Waals surface area contributed by atoms with E-state index in [0.29, 0.717) is 11.3 Å². The van der Waals surface area contributed by atoms with Gasteiger partial charge in [-0.1, -0.05) is 0 Å². The van der Waals surface area contributed by atoms with Crippen LogP contribution in [0.5, 0.6) is 0 Å². The fourth-order valence-corrected chi connectivity index (χ4v) is 7.08. The molecule has 0 spiro atoms. The van der Waals surface area contributed by atoms with Gasteiger partial charge in [-0.25, -0.2) is 9.50 Å². The number of carbonyl (C=O) groups is 1. The number of rotatable bonds is 4. The van der Waals surface area contributed by atoms with Crippen LogP contribution in [-0.2, 0) is 6.54 Å². The Labute approximate surface area is 182 Å². The maximum absolute atomic E-state index is 13.6. The number of aromatic nitrogens is 5. The van der Waals surface area contributed by atoms with Crippen molar-refractivity contribution in [3.05, 3.63) is 35.9 Å². The zero-order valence-electron chi connectivity index (χ0n) is 18.6. The Morgan fingerprint density at radius 3 is 2.48 bits per heavy atom. The van der Waals surface area contributed by atoms with E-state index in [1.165, 1.54) is 19.3 Å². The molecule has 31 heavy (non-hydrogen) atoms. The number of aryl methyl sites for hydroxylation is 1. The highest BCUT2D eigenvalue weighted by Crippen LogP contribution is 2.57. The molecule has 162 valence electrons. The van der Waals surface area contributed by atoms with Gasteiger partial charge in [0.2, 0.25) is 0 Å². The normalized spacial score (nSPS) is 29.1. The van der Waals surface area contributed by atoms with E-state index in [4.69, 9.17) is 5.10 Å². The second kappa shape index (κ2) is 6.65. The molecule has 7 nitrogen and oxygen atoms in total. The van der Waals surface area contributed by atoms with Crippen LogP contribution < -0.4 is 0 Å². The third kappa shape index (κ3) is 2.78. The average molecular weight is 419 g/mol. The summed E-state index contributed by atoms with van der Waals surface area (Å²) in [6.45, 7) is 4.96. The van der Waals surface area contributed by atoms with Crippen molar-refractivity contribution in [2.45, 2.75) is 64.5 Å². The van der Waals surface area contributed by atoms with Crippen molar-refractivity contribution in [1.82, 2.24) is 29.3 Å². The van der Waals surface area contributed by atoms with E-state index in [0.717, 1.165) is 60.5 Å². The molecule has 4 fully saturated rings. The van der Waals surface area contributed by atoms with Crippen molar-refractivity contribution in [2.75, 3.05) is 7.05 Å². The molecule has 4 saturated carbocycles. The van der Waals surface area contributed by atoms with E-state index in [2.05, 4.69) is 23.9 Å². The van der Waals surface area contributed by atoms with Gasteiger partial charge < -0.3 is 4.90 Å². The Bertz CT molecular complexity index is 1140. The van der Waals surface area contributed by atoms with Gasteiger partial charge in [0.1, 0.15) is 0 Å². The quantitative estimate of drug-likeness (QED) is 0.643. The van der Waals surface area contributed by atoms with Crippen LogP contribution in [0.4, 0.5) is 0 Å². The van der Waals surface area contributed by atoms with E-state index in [-0.39, 0.29) is 11.4 Å². The standard InChI is InChI=1S/C24H30N6O/c1-4-29-15(2)19(14-26-29)21-5-6-25-22-10-20(27-30(21)22)23(31)28(3)24-11-16-7-17(12-24)9-18(8-16)13-24/h5-6,10,14,16-18H,4,7-9,11-13H2,1-3H3. The molecule has 0 radical (unpaired) electrons. The summed E-state index contributed by atoms with van der Waals surface area (Å²) in [6, 6.07) is 3.78. The Balaban J connectivity index is 1.36. The van der Waals surface area contributed by atoms with E-state index < -0.39 is 0 Å². The van der Waals surface area contributed by atoms with Crippen LogP contribution in [0.3, 0.4) is 0 Å². The predicted molar refractivity (Wildman–Crippen MR) is 118 cm³/mol. The maximum Gasteiger partial charge on any atom is 0.274 e. The lowest BCUT2D eigenvalue weighted by Crippen LogP contribution is -2.60. The minimum atomic E-state index is 0.0246. The molecule has 3 aromatic heterocycles. The molecule has 0 saturated heterocycles. The summed E-state index contributed by atoms with van der Waals surface area (Å²) in [5.41, 5.74) is 4.23. The molecule has 0 aliphatic heterocycles. The van der Waals surface area contributed by atoms with Gasteiger partial charge >= 0.3 is 0 Å². The lowest BCUT2D eigenvalue weighted by molar-refractivity contribution is -0.0667. The summed E-state index contributed by atoms with van der Waals surface area (Å²) in [6.07, 6.45) is 11.2. The van der Waals surface area contributed by atoms with E-state index in [1.807, 2.05) is 35.0 Å². The molecule has 4 aliphatic carbocycles. The molecule has 4 bridgehead atoms. The first-order valence-corrected chi connectivity index (χ1v) is 11.6. The number of amides is 1. The molecule has 0 atom stereocenters. The Morgan fingerprint density at radius 2 is 1.87 bits per heavy atom. The maximum atomic E-state index is 13.6. The van der Waals surface area contributed by atoms with Crippen molar-refractivity contribution in [3.8, 4) is 11.3 Å². The van der Waals surface area contributed by atoms with Gasteiger partial charge in [-0.05, 0) is 76.2 Å². The van der Waals surface area contributed by atoms with Crippen molar-refractivity contribution < 1.29 is 4.79 Å². The van der Waals surface area contributed by atoms with Crippen LogP contribution in [0.25, 0.3) is 16.9 Å². The molecule has 3 heterocycles. The highest BCUT2D eigenvalue weighted by Gasteiger charge is 2.54. The van der Waals surface area contributed by atoms with E-state index >= 15 is 0 Å². The van der Waals surface area contributed by atoms with Gasteiger partial charge in [-0.15, -0.1) is 0 Å². The van der Waals surface area contributed by atoms with Crippen molar-refractivity contribution in [1.29, 1.82) is 0 Å². The second-order valence-corrected chi connectivity index (χ2v) is 10.1. The number of fused-ring (bicyclic) bond motifs is 1. The molecule has 1 amide bonds. The first-order chi connectivity index (χ1) is 15.0. The first-order valence-electron chi connectivity index (χ1n) is 11.6. The third-order valence-electron chi connectivity index (χ3n) is 8.28. The first kappa shape index (κ1) is 19.0. The van der Waals surface area contributed by atoms with Crippen LogP contribution in [0.15, 0.2) is 24.5 Å². The third-order valence-corrected chi connectivity index (χ3v) is 8.28. The summed E-state index contributed by atoms with van der Waals surface area (Å²) in [5, 5.41) is 9.21. The monoisotopic (exact) mass is 418 g/mol. The number of nitrogens with zero attached hydrogens (tertiary/aromatic N) is 6. The zero-order chi connectivity index (χ0) is 21.3. The summed E-state index contributed by atoms with van der Waals surface area (Å²) < 4.78 is 3.77. The minimum Gasteiger partial charge on any atom is -0.335 e. The molecule has 4 aliphatic rings. The summed E-state index contributed by atoms with van der Waals surface area (Å²) in [7, 11) is 2.00. The SMILES string of the molecule is CCn1ncc(-c2ccnc3cc(C(=O)N(C)C45CC6CC(CC(C6)C4)C5)nn23)c1C. The fraction of sp³-hybridized carbons (Fsp3) is 0.583. The topological polar surface area (TPSA) is 68.3 Å². The van der Waals surface area contributed by atoms with E-state index in [9.17, 15) is 4.79 Å². The Morgan fingerprint density at radius 1 is 1.19 bits per heavy atom.